The zero-order valence-electron chi connectivity index (χ0n) is 8.23. The van der Waals surface area contributed by atoms with Gasteiger partial charge in [0, 0.05) is 0 Å². The number of benzene rings is 1. The summed E-state index contributed by atoms with van der Waals surface area (Å²) in [5.74, 6) is -3.35. The van der Waals surface area contributed by atoms with Crippen molar-refractivity contribution in [2.75, 3.05) is 6.61 Å². The first-order chi connectivity index (χ1) is 7.01. The van der Waals surface area contributed by atoms with Crippen molar-refractivity contribution in [3.05, 3.63) is 35.4 Å². The molecule has 1 atom stereocenters. The van der Waals surface area contributed by atoms with Gasteiger partial charge in [0.1, 0.15) is 6.61 Å². The molecule has 1 rings (SSSR count). The minimum atomic E-state index is -3.35. The van der Waals surface area contributed by atoms with Crippen LogP contribution in [0.2, 0.25) is 0 Å². The van der Waals surface area contributed by atoms with Crippen molar-refractivity contribution in [2.45, 2.75) is 12.0 Å². The molecular weight excluding hydrogens is 238 g/mol. The Balaban J connectivity index is 0.00000225. The van der Waals surface area contributed by atoms with E-state index in [0.29, 0.717) is 5.56 Å². The molecule has 0 aliphatic heterocycles. The Kier molecular flexibility index (Phi) is 5.31. The molecule has 1 aromatic rings. The average molecular weight is 249 g/mol. The van der Waals surface area contributed by atoms with Gasteiger partial charge in [-0.3, -0.25) is 0 Å². The van der Waals surface area contributed by atoms with Crippen molar-refractivity contribution in [3.8, 4) is 6.07 Å². The Morgan fingerprint density at radius 1 is 1.38 bits per heavy atom. The Labute approximate surface area is 97.9 Å². The maximum atomic E-state index is 13.0. The maximum absolute atomic E-state index is 13.0. The van der Waals surface area contributed by atoms with Crippen molar-refractivity contribution in [1.82, 2.24) is 0 Å². The van der Waals surface area contributed by atoms with Gasteiger partial charge < -0.3 is 10.8 Å². The fourth-order valence-electron chi connectivity index (χ4n) is 1.11. The molecule has 1 aromatic carbocycles. The first kappa shape index (κ1) is 14.8. The normalized spacial score (nSPS) is 12.4. The fourth-order valence-corrected chi connectivity index (χ4v) is 1.11. The fraction of sp³-hybridized carbons (Fsp3) is 0.300. The number of hydrogen-bond donors (Lipinski definition) is 2. The number of rotatable bonds is 3. The summed E-state index contributed by atoms with van der Waals surface area (Å²) in [7, 11) is 0. The molecule has 0 saturated heterocycles. The zero-order valence-corrected chi connectivity index (χ0v) is 9.05. The lowest BCUT2D eigenvalue weighted by molar-refractivity contribution is -0.0711. The van der Waals surface area contributed by atoms with Crippen LogP contribution in [0.4, 0.5) is 8.78 Å². The third-order valence-corrected chi connectivity index (χ3v) is 2.06. The number of nitrogens with zero attached hydrogens (tertiary/aromatic N) is 1. The van der Waals surface area contributed by atoms with E-state index in [1.165, 1.54) is 24.3 Å². The van der Waals surface area contributed by atoms with E-state index in [2.05, 4.69) is 0 Å². The molecule has 0 aromatic heterocycles. The van der Waals surface area contributed by atoms with Crippen LogP contribution in [-0.2, 0) is 0 Å². The van der Waals surface area contributed by atoms with Crippen molar-refractivity contribution < 1.29 is 13.9 Å². The molecule has 0 unspecified atom stereocenters. The number of halogens is 3. The van der Waals surface area contributed by atoms with E-state index < -0.39 is 18.6 Å². The van der Waals surface area contributed by atoms with Crippen molar-refractivity contribution in [2.24, 2.45) is 5.73 Å². The first-order valence-corrected chi connectivity index (χ1v) is 4.25. The number of hydrogen-bond acceptors (Lipinski definition) is 3. The molecule has 0 aliphatic rings. The van der Waals surface area contributed by atoms with Gasteiger partial charge in [0.25, 0.3) is 5.92 Å². The topological polar surface area (TPSA) is 70.0 Å². The largest absolute Gasteiger partial charge is 0.390 e. The third kappa shape index (κ3) is 3.14. The first-order valence-electron chi connectivity index (χ1n) is 4.25. The Hall–Kier alpha value is -1.22. The molecule has 0 aliphatic carbocycles. The molecule has 0 radical (unpaired) electrons. The summed E-state index contributed by atoms with van der Waals surface area (Å²) < 4.78 is 25.9. The quantitative estimate of drug-likeness (QED) is 0.854. The third-order valence-electron chi connectivity index (χ3n) is 2.06. The Bertz CT molecular complexity index is 375. The number of nitriles is 1. The SMILES string of the molecule is Cl.N#Cc1ccc([C@H](N)C(F)(F)CO)cc1. The van der Waals surface area contributed by atoms with Gasteiger partial charge in [-0.05, 0) is 17.7 Å². The van der Waals surface area contributed by atoms with Gasteiger partial charge in [-0.1, -0.05) is 12.1 Å². The second kappa shape index (κ2) is 5.75. The van der Waals surface area contributed by atoms with Crippen LogP contribution in [0, 0.1) is 11.3 Å². The van der Waals surface area contributed by atoms with E-state index >= 15 is 0 Å². The summed E-state index contributed by atoms with van der Waals surface area (Å²) in [5.41, 5.74) is 5.84. The van der Waals surface area contributed by atoms with Crippen LogP contribution in [0.15, 0.2) is 24.3 Å². The van der Waals surface area contributed by atoms with Gasteiger partial charge in [0.2, 0.25) is 0 Å². The monoisotopic (exact) mass is 248 g/mol. The van der Waals surface area contributed by atoms with Gasteiger partial charge in [-0.25, -0.2) is 8.78 Å². The molecular formula is C10H11ClF2N2O. The van der Waals surface area contributed by atoms with Gasteiger partial charge in [0.05, 0.1) is 17.7 Å². The standard InChI is InChI=1S/C10H10F2N2O.ClH/c11-10(12,6-15)9(14)8-3-1-7(5-13)2-4-8;/h1-4,9,15H,6,14H2;1H/t9-;/m0./s1. The second-order valence-corrected chi connectivity index (χ2v) is 3.13. The minimum absolute atomic E-state index is 0. The number of aliphatic hydroxyl groups excluding tert-OH is 1. The lowest BCUT2D eigenvalue weighted by Gasteiger charge is -2.21. The molecule has 0 fully saturated rings. The minimum Gasteiger partial charge on any atom is -0.390 e. The molecule has 0 bridgehead atoms. The second-order valence-electron chi connectivity index (χ2n) is 3.13. The summed E-state index contributed by atoms with van der Waals surface area (Å²) in [5, 5.41) is 16.9. The van der Waals surface area contributed by atoms with E-state index in [1.54, 1.807) is 0 Å². The highest BCUT2D eigenvalue weighted by molar-refractivity contribution is 5.85. The van der Waals surface area contributed by atoms with Gasteiger partial charge in [-0.2, -0.15) is 5.26 Å². The summed E-state index contributed by atoms with van der Waals surface area (Å²) in [6, 6.07) is 5.83. The van der Waals surface area contributed by atoms with Gasteiger partial charge in [0.15, 0.2) is 0 Å². The van der Waals surface area contributed by atoms with Crippen LogP contribution in [0.1, 0.15) is 17.2 Å². The highest BCUT2D eigenvalue weighted by Gasteiger charge is 2.37. The van der Waals surface area contributed by atoms with Crippen LogP contribution in [0.3, 0.4) is 0 Å². The summed E-state index contributed by atoms with van der Waals surface area (Å²) in [6.07, 6.45) is 0. The average Bonchev–Trinajstić information content (AvgIpc) is 2.28. The molecule has 3 N–H and O–H groups in total. The molecule has 0 heterocycles. The van der Waals surface area contributed by atoms with Crippen LogP contribution in [0.5, 0.6) is 0 Å². The van der Waals surface area contributed by atoms with Crippen LogP contribution in [-0.4, -0.2) is 17.6 Å². The lowest BCUT2D eigenvalue weighted by Crippen LogP contribution is -2.36. The summed E-state index contributed by atoms with van der Waals surface area (Å²) in [6.45, 7) is -1.30. The van der Waals surface area contributed by atoms with E-state index in [0.717, 1.165) is 0 Å². The Morgan fingerprint density at radius 3 is 2.25 bits per heavy atom. The summed E-state index contributed by atoms with van der Waals surface area (Å²) in [4.78, 5) is 0. The van der Waals surface area contributed by atoms with Crippen molar-refractivity contribution in [3.63, 3.8) is 0 Å². The van der Waals surface area contributed by atoms with E-state index in [-0.39, 0.29) is 18.0 Å². The predicted molar refractivity (Wildman–Crippen MR) is 57.4 cm³/mol. The zero-order chi connectivity index (χ0) is 11.5. The highest BCUT2D eigenvalue weighted by atomic mass is 35.5. The molecule has 16 heavy (non-hydrogen) atoms. The molecule has 0 spiro atoms. The van der Waals surface area contributed by atoms with Crippen molar-refractivity contribution in [1.29, 1.82) is 5.26 Å². The highest BCUT2D eigenvalue weighted by Crippen LogP contribution is 2.28. The molecule has 0 amide bonds. The smallest absolute Gasteiger partial charge is 0.289 e. The Morgan fingerprint density at radius 2 is 1.88 bits per heavy atom. The lowest BCUT2D eigenvalue weighted by atomic mass is 10.0. The van der Waals surface area contributed by atoms with E-state index in [4.69, 9.17) is 16.1 Å². The van der Waals surface area contributed by atoms with Crippen molar-refractivity contribution >= 4 is 12.4 Å². The van der Waals surface area contributed by atoms with Gasteiger partial charge >= 0.3 is 0 Å². The number of nitrogens with two attached hydrogens (primary N) is 1. The van der Waals surface area contributed by atoms with Crippen LogP contribution in [0.25, 0.3) is 0 Å². The summed E-state index contributed by atoms with van der Waals surface area (Å²) >= 11 is 0. The molecule has 0 saturated carbocycles. The predicted octanol–water partition coefficient (Wildman–Crippen LogP) is 1.61. The molecule has 6 heteroatoms. The maximum Gasteiger partial charge on any atom is 0.289 e. The number of aliphatic hydroxyl groups is 1. The molecule has 88 valence electrons. The van der Waals surface area contributed by atoms with Crippen LogP contribution >= 0.6 is 12.4 Å². The van der Waals surface area contributed by atoms with E-state index in [9.17, 15) is 8.78 Å². The van der Waals surface area contributed by atoms with Crippen LogP contribution < -0.4 is 5.73 Å². The van der Waals surface area contributed by atoms with Gasteiger partial charge in [-0.15, -0.1) is 12.4 Å². The molecule has 3 nitrogen and oxygen atoms in total. The number of alkyl halides is 2. The van der Waals surface area contributed by atoms with E-state index in [1.807, 2.05) is 6.07 Å².